The number of methoxy groups -OCH3 is 1. The first-order valence-electron chi connectivity index (χ1n) is 9.39. The number of ether oxygens (including phenoxy) is 1. The zero-order chi connectivity index (χ0) is 19.4. The molecule has 0 unspecified atom stereocenters. The number of likely N-dealkylation sites (tertiary alicyclic amines) is 1. The van der Waals surface area contributed by atoms with Crippen LogP contribution in [0.4, 0.5) is 4.79 Å². The molecule has 1 saturated heterocycles. The van der Waals surface area contributed by atoms with Crippen molar-refractivity contribution in [3.63, 3.8) is 0 Å². The molecule has 2 amide bonds. The third-order valence-electron chi connectivity index (χ3n) is 5.60. The predicted molar refractivity (Wildman–Crippen MR) is 95.7 cm³/mol. The average molecular weight is 369 g/mol. The first-order valence-corrected chi connectivity index (χ1v) is 9.39. The molecular weight excluding hydrogens is 338 g/mol. The fourth-order valence-corrected chi connectivity index (χ4v) is 4.22. The largest absolute Gasteiger partial charge is 0.480 e. The molecule has 1 aliphatic carbocycles. The minimum Gasteiger partial charge on any atom is -0.480 e. The second kappa shape index (κ2) is 8.70. The van der Waals surface area contributed by atoms with Crippen LogP contribution in [0.5, 0.6) is 0 Å². The topological polar surface area (TPSA) is 99.2 Å². The number of esters is 1. The van der Waals surface area contributed by atoms with Crippen molar-refractivity contribution in [1.29, 1.82) is 0 Å². The fourth-order valence-electron chi connectivity index (χ4n) is 4.22. The van der Waals surface area contributed by atoms with Crippen LogP contribution in [0.1, 0.15) is 40.0 Å². The zero-order valence-corrected chi connectivity index (χ0v) is 16.1. The van der Waals surface area contributed by atoms with Crippen molar-refractivity contribution in [2.24, 2.45) is 11.8 Å². The quantitative estimate of drug-likeness (QED) is 0.653. The molecule has 2 rings (SSSR count). The van der Waals surface area contributed by atoms with Crippen molar-refractivity contribution < 1.29 is 24.2 Å². The summed E-state index contributed by atoms with van der Waals surface area (Å²) in [5, 5.41) is 12.0. The van der Waals surface area contributed by atoms with E-state index in [0.717, 1.165) is 12.8 Å². The van der Waals surface area contributed by atoms with Gasteiger partial charge in [0.05, 0.1) is 19.6 Å². The highest BCUT2D eigenvalue weighted by Crippen LogP contribution is 2.32. The van der Waals surface area contributed by atoms with Crippen molar-refractivity contribution in [1.82, 2.24) is 15.1 Å². The number of carboxylic acids is 1. The van der Waals surface area contributed by atoms with E-state index in [0.29, 0.717) is 19.5 Å². The molecule has 26 heavy (non-hydrogen) atoms. The van der Waals surface area contributed by atoms with E-state index in [1.807, 2.05) is 25.7 Å². The Morgan fingerprint density at radius 3 is 2.46 bits per heavy atom. The Hall–Kier alpha value is -1.83. The first kappa shape index (κ1) is 20.5. The van der Waals surface area contributed by atoms with Crippen LogP contribution in [0.2, 0.25) is 0 Å². The van der Waals surface area contributed by atoms with Gasteiger partial charge in [-0.1, -0.05) is 20.8 Å². The second-order valence-corrected chi connectivity index (χ2v) is 7.57. The van der Waals surface area contributed by atoms with Gasteiger partial charge in [-0.3, -0.25) is 14.5 Å². The number of nitrogens with zero attached hydrogens (tertiary/aromatic N) is 2. The third-order valence-corrected chi connectivity index (χ3v) is 5.60. The van der Waals surface area contributed by atoms with E-state index in [-0.39, 0.29) is 48.5 Å². The van der Waals surface area contributed by atoms with E-state index >= 15 is 0 Å². The van der Waals surface area contributed by atoms with Crippen LogP contribution < -0.4 is 5.32 Å². The van der Waals surface area contributed by atoms with Gasteiger partial charge in [0.15, 0.2) is 0 Å². The maximum absolute atomic E-state index is 12.7. The molecule has 148 valence electrons. The lowest BCUT2D eigenvalue weighted by Gasteiger charge is -2.43. The highest BCUT2D eigenvalue weighted by molar-refractivity contribution is 5.79. The molecule has 0 bridgehead atoms. The van der Waals surface area contributed by atoms with Crippen molar-refractivity contribution >= 4 is 18.0 Å². The summed E-state index contributed by atoms with van der Waals surface area (Å²) in [5.41, 5.74) is 0. The molecule has 0 aromatic heterocycles. The molecule has 2 atom stereocenters. The van der Waals surface area contributed by atoms with Gasteiger partial charge in [0.1, 0.15) is 0 Å². The van der Waals surface area contributed by atoms with Gasteiger partial charge in [-0.05, 0) is 31.7 Å². The van der Waals surface area contributed by atoms with Gasteiger partial charge < -0.3 is 20.1 Å². The fraction of sp³-hybridized carbons (Fsp3) is 0.833. The average Bonchev–Trinajstić information content (AvgIpc) is 3.00. The van der Waals surface area contributed by atoms with Crippen molar-refractivity contribution in [2.75, 3.05) is 26.7 Å². The van der Waals surface area contributed by atoms with Crippen LogP contribution in [0.15, 0.2) is 0 Å². The SMILES string of the molecule is CCN(CC(=O)O)C1CC(NC(=O)N2CC[C@H](C(=O)OC)[C@@H]2C(C)C)C1. The number of carboxylic acid groups (broad SMARTS) is 1. The van der Waals surface area contributed by atoms with Crippen LogP contribution in [0.25, 0.3) is 0 Å². The van der Waals surface area contributed by atoms with E-state index in [4.69, 9.17) is 9.84 Å². The molecule has 8 nitrogen and oxygen atoms in total. The Morgan fingerprint density at radius 1 is 1.31 bits per heavy atom. The summed E-state index contributed by atoms with van der Waals surface area (Å²) in [6.45, 7) is 7.22. The number of nitrogens with one attached hydrogen (secondary N) is 1. The molecule has 2 aliphatic rings. The number of urea groups is 1. The number of likely N-dealkylation sites (N-methyl/N-ethyl adjacent to an activating group) is 1. The molecular formula is C18H31N3O5. The van der Waals surface area contributed by atoms with Gasteiger partial charge in [0.2, 0.25) is 0 Å². The Labute approximate surface area is 154 Å². The highest BCUT2D eigenvalue weighted by Gasteiger charge is 2.44. The lowest BCUT2D eigenvalue weighted by atomic mass is 9.85. The van der Waals surface area contributed by atoms with Gasteiger partial charge in [-0.15, -0.1) is 0 Å². The monoisotopic (exact) mass is 369 g/mol. The Kier molecular flexibility index (Phi) is 6.86. The van der Waals surface area contributed by atoms with Gasteiger partial charge in [-0.2, -0.15) is 0 Å². The van der Waals surface area contributed by atoms with Crippen LogP contribution in [-0.4, -0.2) is 77.7 Å². The number of amides is 2. The summed E-state index contributed by atoms with van der Waals surface area (Å²) in [6, 6.07) is -0.0404. The lowest BCUT2D eigenvalue weighted by molar-refractivity contribution is -0.146. The smallest absolute Gasteiger partial charge is 0.317 e. The molecule has 0 aromatic carbocycles. The van der Waals surface area contributed by atoms with Gasteiger partial charge in [-0.25, -0.2) is 4.79 Å². The molecule has 1 heterocycles. The Morgan fingerprint density at radius 2 is 1.96 bits per heavy atom. The van der Waals surface area contributed by atoms with Gasteiger partial charge in [0.25, 0.3) is 0 Å². The maximum atomic E-state index is 12.7. The van der Waals surface area contributed by atoms with Gasteiger partial charge >= 0.3 is 18.0 Å². The summed E-state index contributed by atoms with van der Waals surface area (Å²) in [5.74, 6) is -1.20. The zero-order valence-electron chi connectivity index (χ0n) is 16.1. The summed E-state index contributed by atoms with van der Waals surface area (Å²) in [6.07, 6.45) is 2.14. The Bertz CT molecular complexity index is 533. The van der Waals surface area contributed by atoms with Crippen molar-refractivity contribution in [3.05, 3.63) is 0 Å². The van der Waals surface area contributed by atoms with Crippen molar-refractivity contribution in [2.45, 2.75) is 58.2 Å². The normalized spacial score (nSPS) is 28.2. The summed E-state index contributed by atoms with van der Waals surface area (Å²) >= 11 is 0. The Balaban J connectivity index is 1.88. The standard InChI is InChI=1S/C18H31N3O5/c1-5-20(10-15(22)23)13-8-12(9-13)19-18(25)21-7-6-14(17(24)26-4)16(21)11(2)3/h11-14,16H,5-10H2,1-4H3,(H,19,25)(H,22,23)/t12?,13?,14-,16-/m0/s1. The summed E-state index contributed by atoms with van der Waals surface area (Å²) in [4.78, 5) is 39.3. The van der Waals surface area contributed by atoms with Crippen LogP contribution >= 0.6 is 0 Å². The molecule has 0 spiro atoms. The minimum atomic E-state index is -0.829. The number of rotatable bonds is 7. The van der Waals surface area contributed by atoms with Gasteiger partial charge in [0, 0.05) is 24.7 Å². The first-order chi connectivity index (χ1) is 12.3. The van der Waals surface area contributed by atoms with Crippen LogP contribution in [0.3, 0.4) is 0 Å². The molecule has 8 heteroatoms. The molecule has 0 aromatic rings. The number of hydrogen-bond donors (Lipinski definition) is 2. The maximum Gasteiger partial charge on any atom is 0.317 e. The molecule has 1 aliphatic heterocycles. The third kappa shape index (κ3) is 4.47. The lowest BCUT2D eigenvalue weighted by Crippen LogP contribution is -2.58. The molecule has 2 fully saturated rings. The second-order valence-electron chi connectivity index (χ2n) is 7.57. The summed E-state index contributed by atoms with van der Waals surface area (Å²) < 4.78 is 4.89. The van der Waals surface area contributed by atoms with E-state index in [1.165, 1.54) is 7.11 Å². The molecule has 2 N–H and O–H groups in total. The molecule has 1 saturated carbocycles. The molecule has 0 radical (unpaired) electrons. The van der Waals surface area contributed by atoms with Crippen molar-refractivity contribution in [3.8, 4) is 0 Å². The number of carbonyl (C=O) groups excluding carboxylic acids is 2. The summed E-state index contributed by atoms with van der Waals surface area (Å²) in [7, 11) is 1.38. The number of hydrogen-bond acceptors (Lipinski definition) is 5. The number of aliphatic carboxylic acids is 1. The predicted octanol–water partition coefficient (Wildman–Crippen LogP) is 1.15. The highest BCUT2D eigenvalue weighted by atomic mass is 16.5. The van der Waals surface area contributed by atoms with E-state index in [1.54, 1.807) is 4.90 Å². The van der Waals surface area contributed by atoms with Crippen LogP contribution in [0, 0.1) is 11.8 Å². The van der Waals surface area contributed by atoms with E-state index in [9.17, 15) is 14.4 Å². The minimum absolute atomic E-state index is 0.0319. The van der Waals surface area contributed by atoms with E-state index in [2.05, 4.69) is 5.32 Å². The van der Waals surface area contributed by atoms with Crippen LogP contribution in [-0.2, 0) is 14.3 Å². The van der Waals surface area contributed by atoms with E-state index < -0.39 is 5.97 Å². The number of carbonyl (C=O) groups is 3.